The molecular weight excluding hydrogens is 322 g/mol. The van der Waals surface area contributed by atoms with Gasteiger partial charge in [0.1, 0.15) is 5.75 Å². The molecule has 0 spiro atoms. The van der Waals surface area contributed by atoms with E-state index in [1.807, 2.05) is 12.1 Å². The van der Waals surface area contributed by atoms with Gasteiger partial charge in [-0.3, -0.25) is 0 Å². The molecule has 0 saturated heterocycles. The highest BCUT2D eigenvalue weighted by atomic mass is 16.5. The summed E-state index contributed by atoms with van der Waals surface area (Å²) in [5.74, 6) is 0.966. The second-order valence-corrected chi connectivity index (χ2v) is 7.30. The SMILES string of the molecule is COc1ccccc1CNCCCCCCC(N)CCCCCCCN. The highest BCUT2D eigenvalue weighted by molar-refractivity contribution is 5.32. The number of nitrogens with one attached hydrogen (secondary N) is 1. The summed E-state index contributed by atoms with van der Waals surface area (Å²) >= 11 is 0. The van der Waals surface area contributed by atoms with Gasteiger partial charge in [-0.2, -0.15) is 0 Å². The van der Waals surface area contributed by atoms with E-state index in [0.29, 0.717) is 6.04 Å². The zero-order valence-electron chi connectivity index (χ0n) is 16.8. The Morgan fingerprint density at radius 2 is 1.50 bits per heavy atom. The molecular formula is C22H41N3O. The third-order valence-electron chi connectivity index (χ3n) is 4.97. The number of rotatable bonds is 17. The van der Waals surface area contributed by atoms with Crippen molar-refractivity contribution in [2.24, 2.45) is 11.5 Å². The van der Waals surface area contributed by atoms with Crippen molar-refractivity contribution in [3.05, 3.63) is 29.8 Å². The lowest BCUT2D eigenvalue weighted by atomic mass is 10.0. The Balaban J connectivity index is 1.89. The Morgan fingerprint density at radius 3 is 2.19 bits per heavy atom. The lowest BCUT2D eigenvalue weighted by Crippen LogP contribution is -2.19. The van der Waals surface area contributed by atoms with Crippen LogP contribution in [-0.2, 0) is 6.54 Å². The molecule has 4 heteroatoms. The normalized spacial score (nSPS) is 12.3. The van der Waals surface area contributed by atoms with Crippen LogP contribution in [-0.4, -0.2) is 26.2 Å². The summed E-state index contributed by atoms with van der Waals surface area (Å²) in [6, 6.07) is 8.59. The molecule has 0 fully saturated rings. The first-order chi connectivity index (χ1) is 12.8. The van der Waals surface area contributed by atoms with Crippen molar-refractivity contribution in [2.45, 2.75) is 83.2 Å². The topological polar surface area (TPSA) is 73.3 Å². The van der Waals surface area contributed by atoms with E-state index >= 15 is 0 Å². The van der Waals surface area contributed by atoms with Gasteiger partial charge < -0.3 is 21.5 Å². The molecule has 4 nitrogen and oxygen atoms in total. The Bertz CT molecular complexity index is 439. The highest BCUT2D eigenvalue weighted by Gasteiger charge is 2.03. The fraction of sp³-hybridized carbons (Fsp3) is 0.727. The van der Waals surface area contributed by atoms with Crippen LogP contribution in [0.25, 0.3) is 0 Å². The monoisotopic (exact) mass is 363 g/mol. The van der Waals surface area contributed by atoms with Gasteiger partial charge in [-0.15, -0.1) is 0 Å². The van der Waals surface area contributed by atoms with Crippen molar-refractivity contribution < 1.29 is 4.74 Å². The van der Waals surface area contributed by atoms with E-state index in [9.17, 15) is 0 Å². The fourth-order valence-electron chi connectivity index (χ4n) is 3.31. The molecule has 1 aromatic rings. The summed E-state index contributed by atoms with van der Waals surface area (Å²) < 4.78 is 5.37. The summed E-state index contributed by atoms with van der Waals surface area (Å²) in [7, 11) is 1.73. The summed E-state index contributed by atoms with van der Waals surface area (Å²) in [4.78, 5) is 0. The van der Waals surface area contributed by atoms with Gasteiger partial charge in [0.05, 0.1) is 7.11 Å². The Morgan fingerprint density at radius 1 is 0.885 bits per heavy atom. The molecule has 150 valence electrons. The Hall–Kier alpha value is -1.10. The molecule has 0 aliphatic heterocycles. The summed E-state index contributed by atoms with van der Waals surface area (Å²) in [6.07, 6.45) is 13.8. The van der Waals surface area contributed by atoms with Gasteiger partial charge in [-0.1, -0.05) is 63.1 Å². The molecule has 0 heterocycles. The van der Waals surface area contributed by atoms with Crippen LogP contribution in [0.1, 0.15) is 76.2 Å². The maximum Gasteiger partial charge on any atom is 0.123 e. The lowest BCUT2D eigenvalue weighted by molar-refractivity contribution is 0.407. The summed E-state index contributed by atoms with van der Waals surface area (Å²) in [6.45, 7) is 2.77. The second-order valence-electron chi connectivity index (χ2n) is 7.30. The van der Waals surface area contributed by atoms with Gasteiger partial charge in [0.15, 0.2) is 0 Å². The van der Waals surface area contributed by atoms with Crippen molar-refractivity contribution in [1.29, 1.82) is 0 Å². The molecule has 1 rings (SSSR count). The molecule has 0 aromatic heterocycles. The average molecular weight is 364 g/mol. The molecule has 1 unspecified atom stereocenters. The highest BCUT2D eigenvalue weighted by Crippen LogP contribution is 2.16. The standard InChI is InChI=1S/C22H41N3O/c1-26-22-16-10-9-13-20(22)19-25-18-12-6-4-8-15-21(24)14-7-3-2-5-11-17-23/h9-10,13,16,21,25H,2-8,11-12,14-15,17-19,23-24H2,1H3. The number of hydrogen-bond donors (Lipinski definition) is 3. The van der Waals surface area contributed by atoms with Gasteiger partial charge in [0.2, 0.25) is 0 Å². The number of hydrogen-bond acceptors (Lipinski definition) is 4. The molecule has 0 amide bonds. The van der Waals surface area contributed by atoms with Crippen molar-refractivity contribution >= 4 is 0 Å². The third-order valence-corrected chi connectivity index (χ3v) is 4.97. The quantitative estimate of drug-likeness (QED) is 0.360. The van der Waals surface area contributed by atoms with Crippen molar-refractivity contribution in [3.8, 4) is 5.75 Å². The largest absolute Gasteiger partial charge is 0.496 e. The van der Waals surface area contributed by atoms with E-state index < -0.39 is 0 Å². The fourth-order valence-corrected chi connectivity index (χ4v) is 3.31. The predicted molar refractivity (Wildman–Crippen MR) is 113 cm³/mol. The minimum Gasteiger partial charge on any atom is -0.496 e. The lowest BCUT2D eigenvalue weighted by Gasteiger charge is -2.11. The number of methoxy groups -OCH3 is 1. The van der Waals surface area contributed by atoms with Crippen LogP contribution in [0.3, 0.4) is 0 Å². The maximum atomic E-state index is 6.22. The number of ether oxygens (including phenoxy) is 1. The second kappa shape index (κ2) is 16.1. The van der Waals surface area contributed by atoms with Crippen molar-refractivity contribution in [2.75, 3.05) is 20.2 Å². The van der Waals surface area contributed by atoms with Gasteiger partial charge in [-0.25, -0.2) is 0 Å². The van der Waals surface area contributed by atoms with Crippen LogP contribution in [0.2, 0.25) is 0 Å². The molecule has 0 aliphatic carbocycles. The third kappa shape index (κ3) is 11.5. The Labute approximate surface area is 161 Å². The van der Waals surface area contributed by atoms with E-state index in [4.69, 9.17) is 16.2 Å². The maximum absolute atomic E-state index is 6.22. The summed E-state index contributed by atoms with van der Waals surface area (Å²) in [5.41, 5.74) is 13.0. The van der Waals surface area contributed by atoms with Crippen LogP contribution in [0.15, 0.2) is 24.3 Å². The van der Waals surface area contributed by atoms with Crippen molar-refractivity contribution in [3.63, 3.8) is 0 Å². The van der Waals surface area contributed by atoms with Crippen LogP contribution in [0.5, 0.6) is 5.75 Å². The molecule has 0 bridgehead atoms. The zero-order valence-corrected chi connectivity index (χ0v) is 16.8. The first kappa shape index (κ1) is 22.9. The number of benzene rings is 1. The number of para-hydroxylation sites is 1. The molecule has 1 atom stereocenters. The van der Waals surface area contributed by atoms with E-state index in [1.54, 1.807) is 7.11 Å². The van der Waals surface area contributed by atoms with E-state index in [-0.39, 0.29) is 0 Å². The minimum atomic E-state index is 0.396. The minimum absolute atomic E-state index is 0.396. The van der Waals surface area contributed by atoms with E-state index in [2.05, 4.69) is 17.4 Å². The van der Waals surface area contributed by atoms with Crippen molar-refractivity contribution in [1.82, 2.24) is 5.32 Å². The van der Waals surface area contributed by atoms with E-state index in [1.165, 1.54) is 76.2 Å². The van der Waals surface area contributed by atoms with E-state index in [0.717, 1.165) is 25.4 Å². The average Bonchev–Trinajstić information content (AvgIpc) is 2.67. The van der Waals surface area contributed by atoms with Crippen LogP contribution in [0.4, 0.5) is 0 Å². The molecule has 5 N–H and O–H groups in total. The van der Waals surface area contributed by atoms with Crippen LogP contribution < -0.4 is 21.5 Å². The Kier molecular flexibility index (Phi) is 14.2. The molecule has 0 radical (unpaired) electrons. The molecule has 0 saturated carbocycles. The smallest absolute Gasteiger partial charge is 0.123 e. The first-order valence-electron chi connectivity index (χ1n) is 10.6. The predicted octanol–water partition coefficient (Wildman–Crippen LogP) is 4.36. The van der Waals surface area contributed by atoms with Crippen LogP contribution >= 0.6 is 0 Å². The number of nitrogens with two attached hydrogens (primary N) is 2. The molecule has 26 heavy (non-hydrogen) atoms. The zero-order chi connectivity index (χ0) is 18.9. The van der Waals surface area contributed by atoms with Gasteiger partial charge >= 0.3 is 0 Å². The number of unbranched alkanes of at least 4 members (excludes halogenated alkanes) is 7. The first-order valence-corrected chi connectivity index (χ1v) is 10.6. The van der Waals surface area contributed by atoms with Crippen LogP contribution in [0, 0.1) is 0 Å². The molecule has 0 aliphatic rings. The molecule has 1 aromatic carbocycles. The van der Waals surface area contributed by atoms with Gasteiger partial charge in [-0.05, 0) is 44.8 Å². The van der Waals surface area contributed by atoms with Gasteiger partial charge in [0, 0.05) is 18.2 Å². The summed E-state index contributed by atoms with van der Waals surface area (Å²) in [5, 5.41) is 3.51. The van der Waals surface area contributed by atoms with Gasteiger partial charge in [0.25, 0.3) is 0 Å².